The predicted octanol–water partition coefficient (Wildman–Crippen LogP) is -0.580. The van der Waals surface area contributed by atoms with Crippen LogP contribution < -0.4 is 5.69 Å². The maximum absolute atomic E-state index is 11.3. The number of aryl methyl sites for hydroxylation is 1. The standard InChI is InChI=1S/C8H9N5O/c1-12-7(10-6-11-12)5-13-4-2-3-9-8(13)14/h2-4,6H,5H2,1H3. The van der Waals surface area contributed by atoms with Gasteiger partial charge in [0.25, 0.3) is 0 Å². The van der Waals surface area contributed by atoms with Crippen LogP contribution in [0.4, 0.5) is 0 Å². The summed E-state index contributed by atoms with van der Waals surface area (Å²) >= 11 is 0. The average Bonchev–Trinajstić information content (AvgIpc) is 2.56. The fraction of sp³-hybridized carbons (Fsp3) is 0.250. The summed E-state index contributed by atoms with van der Waals surface area (Å²) in [6.45, 7) is 0.392. The Balaban J connectivity index is 2.32. The monoisotopic (exact) mass is 191 g/mol. The number of aromatic nitrogens is 5. The average molecular weight is 191 g/mol. The summed E-state index contributed by atoms with van der Waals surface area (Å²) in [5.41, 5.74) is -0.282. The van der Waals surface area contributed by atoms with Gasteiger partial charge in [-0.1, -0.05) is 0 Å². The van der Waals surface area contributed by atoms with E-state index in [1.165, 1.54) is 17.1 Å². The molecule has 0 saturated carbocycles. The summed E-state index contributed by atoms with van der Waals surface area (Å²) in [4.78, 5) is 18.9. The molecule has 2 aromatic heterocycles. The van der Waals surface area contributed by atoms with Crippen molar-refractivity contribution in [2.24, 2.45) is 7.05 Å². The third-order valence-electron chi connectivity index (χ3n) is 1.90. The van der Waals surface area contributed by atoms with Gasteiger partial charge in [0.15, 0.2) is 0 Å². The van der Waals surface area contributed by atoms with Crippen LogP contribution in [0, 0.1) is 0 Å². The molecule has 2 rings (SSSR count). The van der Waals surface area contributed by atoms with E-state index in [2.05, 4.69) is 15.1 Å². The summed E-state index contributed by atoms with van der Waals surface area (Å²) in [5, 5.41) is 3.91. The Hall–Kier alpha value is -1.98. The van der Waals surface area contributed by atoms with Gasteiger partial charge in [-0.2, -0.15) is 5.10 Å². The highest BCUT2D eigenvalue weighted by molar-refractivity contribution is 4.89. The van der Waals surface area contributed by atoms with Crippen molar-refractivity contribution in [3.8, 4) is 0 Å². The molecule has 0 aromatic carbocycles. The molecule has 72 valence electrons. The zero-order chi connectivity index (χ0) is 9.97. The molecule has 0 aliphatic rings. The van der Waals surface area contributed by atoms with Gasteiger partial charge in [-0.05, 0) is 6.07 Å². The molecular weight excluding hydrogens is 182 g/mol. The fourth-order valence-electron chi connectivity index (χ4n) is 1.12. The van der Waals surface area contributed by atoms with E-state index in [0.717, 1.165) is 5.82 Å². The number of hydrogen-bond acceptors (Lipinski definition) is 4. The molecule has 0 aliphatic heterocycles. The number of nitrogens with zero attached hydrogens (tertiary/aromatic N) is 5. The summed E-state index contributed by atoms with van der Waals surface area (Å²) in [7, 11) is 1.78. The smallest absolute Gasteiger partial charge is 0.292 e. The van der Waals surface area contributed by atoms with Crippen molar-refractivity contribution in [3.05, 3.63) is 41.1 Å². The zero-order valence-electron chi connectivity index (χ0n) is 7.66. The molecule has 0 radical (unpaired) electrons. The summed E-state index contributed by atoms with van der Waals surface area (Å²) in [6, 6.07) is 1.71. The minimum absolute atomic E-state index is 0.282. The van der Waals surface area contributed by atoms with Crippen LogP contribution >= 0.6 is 0 Å². The second-order valence-corrected chi connectivity index (χ2v) is 2.83. The van der Waals surface area contributed by atoms with Crippen LogP contribution in [-0.2, 0) is 13.6 Å². The Morgan fingerprint density at radius 3 is 2.93 bits per heavy atom. The second-order valence-electron chi connectivity index (χ2n) is 2.83. The van der Waals surface area contributed by atoms with Gasteiger partial charge in [0.1, 0.15) is 12.2 Å². The first-order valence-corrected chi connectivity index (χ1v) is 4.12. The molecule has 0 spiro atoms. The van der Waals surface area contributed by atoms with Gasteiger partial charge in [-0.25, -0.2) is 14.8 Å². The van der Waals surface area contributed by atoms with E-state index < -0.39 is 0 Å². The first-order chi connectivity index (χ1) is 6.77. The largest absolute Gasteiger partial charge is 0.347 e. The number of hydrogen-bond donors (Lipinski definition) is 0. The predicted molar refractivity (Wildman–Crippen MR) is 48.6 cm³/mol. The second kappa shape index (κ2) is 3.41. The van der Waals surface area contributed by atoms with Crippen LogP contribution in [0.25, 0.3) is 0 Å². The van der Waals surface area contributed by atoms with Gasteiger partial charge in [0, 0.05) is 19.4 Å². The molecule has 14 heavy (non-hydrogen) atoms. The van der Waals surface area contributed by atoms with Crippen LogP contribution in [0.1, 0.15) is 5.82 Å². The van der Waals surface area contributed by atoms with Gasteiger partial charge in [-0.15, -0.1) is 0 Å². The topological polar surface area (TPSA) is 65.6 Å². The minimum Gasteiger partial charge on any atom is -0.292 e. The lowest BCUT2D eigenvalue weighted by Crippen LogP contribution is -2.23. The van der Waals surface area contributed by atoms with E-state index >= 15 is 0 Å². The van der Waals surface area contributed by atoms with Gasteiger partial charge in [0.05, 0.1) is 6.54 Å². The third-order valence-corrected chi connectivity index (χ3v) is 1.90. The quantitative estimate of drug-likeness (QED) is 0.637. The van der Waals surface area contributed by atoms with Crippen molar-refractivity contribution in [1.29, 1.82) is 0 Å². The lowest BCUT2D eigenvalue weighted by molar-refractivity contribution is 0.630. The first kappa shape index (κ1) is 8.61. The Labute approximate surface area is 79.9 Å². The van der Waals surface area contributed by atoms with E-state index in [9.17, 15) is 4.79 Å². The maximum Gasteiger partial charge on any atom is 0.347 e. The Kier molecular flexibility index (Phi) is 2.10. The van der Waals surface area contributed by atoms with Crippen molar-refractivity contribution in [3.63, 3.8) is 0 Å². The van der Waals surface area contributed by atoms with Crippen LogP contribution in [0.15, 0.2) is 29.6 Å². The van der Waals surface area contributed by atoms with Crippen LogP contribution in [-0.4, -0.2) is 24.3 Å². The van der Waals surface area contributed by atoms with Gasteiger partial charge in [-0.3, -0.25) is 9.25 Å². The highest BCUT2D eigenvalue weighted by atomic mass is 16.1. The fourth-order valence-corrected chi connectivity index (χ4v) is 1.12. The molecule has 2 aromatic rings. The third kappa shape index (κ3) is 1.54. The van der Waals surface area contributed by atoms with Crippen molar-refractivity contribution >= 4 is 0 Å². The van der Waals surface area contributed by atoms with Crippen molar-refractivity contribution in [2.75, 3.05) is 0 Å². The van der Waals surface area contributed by atoms with Crippen molar-refractivity contribution in [1.82, 2.24) is 24.3 Å². The molecule has 0 N–H and O–H groups in total. The summed E-state index contributed by atoms with van der Waals surface area (Å²) in [5.74, 6) is 0.722. The highest BCUT2D eigenvalue weighted by Gasteiger charge is 2.02. The lowest BCUT2D eigenvalue weighted by Gasteiger charge is -2.02. The van der Waals surface area contributed by atoms with Crippen LogP contribution in [0.5, 0.6) is 0 Å². The number of rotatable bonds is 2. The maximum atomic E-state index is 11.3. The van der Waals surface area contributed by atoms with Gasteiger partial charge in [0.2, 0.25) is 0 Å². The van der Waals surface area contributed by atoms with Crippen LogP contribution in [0.2, 0.25) is 0 Å². The molecule has 2 heterocycles. The van der Waals surface area contributed by atoms with Crippen molar-refractivity contribution in [2.45, 2.75) is 6.54 Å². The van der Waals surface area contributed by atoms with Crippen molar-refractivity contribution < 1.29 is 0 Å². The molecule has 0 fully saturated rings. The Morgan fingerprint density at radius 2 is 2.29 bits per heavy atom. The molecule has 0 bridgehead atoms. The van der Waals surface area contributed by atoms with Crippen LogP contribution in [0.3, 0.4) is 0 Å². The van der Waals surface area contributed by atoms with E-state index in [4.69, 9.17) is 0 Å². The van der Waals surface area contributed by atoms with E-state index in [-0.39, 0.29) is 5.69 Å². The summed E-state index contributed by atoms with van der Waals surface area (Å²) in [6.07, 6.45) is 4.59. The first-order valence-electron chi connectivity index (χ1n) is 4.12. The van der Waals surface area contributed by atoms with E-state index in [1.807, 2.05) is 0 Å². The Morgan fingerprint density at radius 1 is 1.43 bits per heavy atom. The molecule has 0 amide bonds. The van der Waals surface area contributed by atoms with E-state index in [1.54, 1.807) is 24.0 Å². The molecule has 6 heteroatoms. The lowest BCUT2D eigenvalue weighted by atomic mass is 10.5. The molecule has 0 aliphatic carbocycles. The van der Waals surface area contributed by atoms with Gasteiger partial charge < -0.3 is 0 Å². The molecule has 6 nitrogen and oxygen atoms in total. The Bertz CT molecular complexity index is 486. The highest BCUT2D eigenvalue weighted by Crippen LogP contribution is 1.92. The SMILES string of the molecule is Cn1ncnc1Cn1cccnc1=O. The summed E-state index contributed by atoms with van der Waals surface area (Å²) < 4.78 is 3.10. The minimum atomic E-state index is -0.282. The van der Waals surface area contributed by atoms with Gasteiger partial charge >= 0.3 is 5.69 Å². The normalized spacial score (nSPS) is 10.4. The molecule has 0 atom stereocenters. The molecule has 0 unspecified atom stereocenters. The zero-order valence-corrected chi connectivity index (χ0v) is 7.66. The molecular formula is C8H9N5O. The molecule has 0 saturated heterocycles. The van der Waals surface area contributed by atoms with E-state index in [0.29, 0.717) is 6.54 Å².